The highest BCUT2D eigenvalue weighted by atomic mass is 16.2. The van der Waals surface area contributed by atoms with Crippen molar-refractivity contribution in [3.63, 3.8) is 0 Å². The maximum atomic E-state index is 12.4. The zero-order valence-corrected chi connectivity index (χ0v) is 17.4. The van der Waals surface area contributed by atoms with Gasteiger partial charge in [0, 0.05) is 50.9 Å². The summed E-state index contributed by atoms with van der Waals surface area (Å²) in [6.07, 6.45) is 1.90. The second-order valence-electron chi connectivity index (χ2n) is 7.52. The van der Waals surface area contributed by atoms with Gasteiger partial charge in [-0.1, -0.05) is 27.7 Å². The molecule has 0 spiro atoms. The molecule has 1 aromatic carbocycles. The van der Waals surface area contributed by atoms with Crippen LogP contribution < -0.4 is 10.2 Å². The molecule has 1 N–H and O–H groups in total. The lowest BCUT2D eigenvalue weighted by Crippen LogP contribution is -2.37. The van der Waals surface area contributed by atoms with Gasteiger partial charge in [-0.2, -0.15) is 0 Å². The minimum atomic E-state index is 0.0203. The fraction of sp³-hybridized carbons (Fsp3) is 0.619. The quantitative estimate of drug-likeness (QED) is 0.714. The number of nitrogens with zero attached hydrogens (tertiary/aromatic N) is 2. The van der Waals surface area contributed by atoms with Gasteiger partial charge in [-0.05, 0) is 43.0 Å². The largest absolute Gasteiger partial charge is 0.377 e. The number of carbonyl (C=O) groups is 2. The molecule has 0 heterocycles. The molecule has 0 aromatic heterocycles. The Labute approximate surface area is 158 Å². The van der Waals surface area contributed by atoms with Gasteiger partial charge in [0.05, 0.1) is 0 Å². The van der Waals surface area contributed by atoms with E-state index in [1.165, 1.54) is 0 Å². The van der Waals surface area contributed by atoms with Crippen molar-refractivity contribution >= 4 is 23.2 Å². The summed E-state index contributed by atoms with van der Waals surface area (Å²) < 4.78 is 0. The SMILES string of the molecule is CCC(=O)N(Cc1cc(NC(=O)CC(C)C)ccc1N(C)C)[C@@H](C)CC. The predicted molar refractivity (Wildman–Crippen MR) is 109 cm³/mol. The minimum absolute atomic E-state index is 0.0203. The molecule has 0 radical (unpaired) electrons. The van der Waals surface area contributed by atoms with Gasteiger partial charge in [0.2, 0.25) is 11.8 Å². The summed E-state index contributed by atoms with van der Waals surface area (Å²) in [5.74, 6) is 0.490. The highest BCUT2D eigenvalue weighted by Gasteiger charge is 2.20. The minimum Gasteiger partial charge on any atom is -0.377 e. The van der Waals surface area contributed by atoms with Crippen molar-refractivity contribution in [2.75, 3.05) is 24.3 Å². The van der Waals surface area contributed by atoms with Crippen LogP contribution in [0.2, 0.25) is 0 Å². The number of carbonyl (C=O) groups excluding carboxylic acids is 2. The van der Waals surface area contributed by atoms with Crippen LogP contribution in [-0.4, -0.2) is 36.9 Å². The maximum Gasteiger partial charge on any atom is 0.224 e. The van der Waals surface area contributed by atoms with Gasteiger partial charge in [0.15, 0.2) is 0 Å². The van der Waals surface area contributed by atoms with E-state index in [1.807, 2.05) is 62.9 Å². The molecule has 1 rings (SSSR count). The summed E-state index contributed by atoms with van der Waals surface area (Å²) in [6, 6.07) is 6.10. The van der Waals surface area contributed by atoms with E-state index in [2.05, 4.69) is 19.2 Å². The van der Waals surface area contributed by atoms with Crippen LogP contribution in [0.5, 0.6) is 0 Å². The molecular weight excluding hydrogens is 326 g/mol. The van der Waals surface area contributed by atoms with E-state index in [9.17, 15) is 9.59 Å². The lowest BCUT2D eigenvalue weighted by atomic mass is 10.1. The molecular formula is C21H35N3O2. The summed E-state index contributed by atoms with van der Waals surface area (Å²) in [5.41, 5.74) is 2.88. The van der Waals surface area contributed by atoms with Gasteiger partial charge in [0.25, 0.3) is 0 Å². The molecule has 1 aromatic rings. The lowest BCUT2D eigenvalue weighted by molar-refractivity contribution is -0.133. The number of nitrogens with one attached hydrogen (secondary N) is 1. The van der Waals surface area contributed by atoms with E-state index in [1.54, 1.807) is 0 Å². The average Bonchev–Trinajstić information content (AvgIpc) is 2.57. The Morgan fingerprint density at radius 2 is 1.77 bits per heavy atom. The molecule has 0 fully saturated rings. The third kappa shape index (κ3) is 6.36. The van der Waals surface area contributed by atoms with Gasteiger partial charge in [-0.3, -0.25) is 9.59 Å². The maximum absolute atomic E-state index is 12.4. The van der Waals surface area contributed by atoms with Crippen LogP contribution in [0, 0.1) is 5.92 Å². The predicted octanol–water partition coefficient (Wildman–Crippen LogP) is 4.27. The van der Waals surface area contributed by atoms with Crippen molar-refractivity contribution in [3.05, 3.63) is 23.8 Å². The summed E-state index contributed by atoms with van der Waals surface area (Å²) in [6.45, 7) is 10.7. The number of benzene rings is 1. The summed E-state index contributed by atoms with van der Waals surface area (Å²) in [5, 5.41) is 2.98. The fourth-order valence-electron chi connectivity index (χ4n) is 2.91. The standard InChI is InChI=1S/C21H35N3O2/c1-8-16(5)24(21(26)9-2)14-17-13-18(10-11-19(17)23(6)7)22-20(25)12-15(3)4/h10-11,13,15-16H,8-9,12,14H2,1-7H3,(H,22,25)/t16-/m0/s1. The second kappa shape index (κ2) is 10.2. The molecule has 5 nitrogen and oxygen atoms in total. The van der Waals surface area contributed by atoms with Gasteiger partial charge in [-0.15, -0.1) is 0 Å². The van der Waals surface area contributed by atoms with E-state index in [0.29, 0.717) is 25.3 Å². The van der Waals surface area contributed by atoms with Crippen LogP contribution >= 0.6 is 0 Å². The van der Waals surface area contributed by atoms with Gasteiger partial charge < -0.3 is 15.1 Å². The number of hydrogen-bond donors (Lipinski definition) is 1. The van der Waals surface area contributed by atoms with Crippen molar-refractivity contribution in [2.24, 2.45) is 5.92 Å². The Bertz CT molecular complexity index is 611. The molecule has 0 aliphatic rings. The zero-order chi connectivity index (χ0) is 19.9. The molecule has 0 bridgehead atoms. The van der Waals surface area contributed by atoms with Crippen molar-refractivity contribution < 1.29 is 9.59 Å². The monoisotopic (exact) mass is 361 g/mol. The van der Waals surface area contributed by atoms with Crippen molar-refractivity contribution in [3.8, 4) is 0 Å². The number of anilines is 2. The van der Waals surface area contributed by atoms with Crippen LogP contribution in [0.1, 0.15) is 59.4 Å². The van der Waals surface area contributed by atoms with E-state index >= 15 is 0 Å². The molecule has 0 aliphatic heterocycles. The third-order valence-electron chi connectivity index (χ3n) is 4.53. The Hall–Kier alpha value is -2.04. The van der Waals surface area contributed by atoms with Gasteiger partial charge in [-0.25, -0.2) is 0 Å². The van der Waals surface area contributed by atoms with Gasteiger partial charge in [0.1, 0.15) is 0 Å². The highest BCUT2D eigenvalue weighted by Crippen LogP contribution is 2.26. The topological polar surface area (TPSA) is 52.7 Å². The summed E-state index contributed by atoms with van der Waals surface area (Å²) in [4.78, 5) is 28.5. The lowest BCUT2D eigenvalue weighted by Gasteiger charge is -2.30. The molecule has 5 heteroatoms. The first-order valence-electron chi connectivity index (χ1n) is 9.59. The Morgan fingerprint density at radius 1 is 1.12 bits per heavy atom. The second-order valence-corrected chi connectivity index (χ2v) is 7.52. The first-order valence-corrected chi connectivity index (χ1v) is 9.59. The highest BCUT2D eigenvalue weighted by molar-refractivity contribution is 5.91. The Morgan fingerprint density at radius 3 is 2.27 bits per heavy atom. The average molecular weight is 362 g/mol. The van der Waals surface area contributed by atoms with E-state index in [0.717, 1.165) is 23.4 Å². The molecule has 0 unspecified atom stereocenters. The van der Waals surface area contributed by atoms with Crippen molar-refractivity contribution in [1.29, 1.82) is 0 Å². The normalized spacial score (nSPS) is 12.0. The number of rotatable bonds is 9. The third-order valence-corrected chi connectivity index (χ3v) is 4.53. The molecule has 0 saturated carbocycles. The van der Waals surface area contributed by atoms with E-state index in [4.69, 9.17) is 0 Å². The van der Waals surface area contributed by atoms with Crippen LogP contribution in [0.4, 0.5) is 11.4 Å². The summed E-state index contributed by atoms with van der Waals surface area (Å²) in [7, 11) is 3.98. The fourth-order valence-corrected chi connectivity index (χ4v) is 2.91. The van der Waals surface area contributed by atoms with Crippen LogP contribution in [0.25, 0.3) is 0 Å². The van der Waals surface area contributed by atoms with E-state index < -0.39 is 0 Å². The smallest absolute Gasteiger partial charge is 0.224 e. The van der Waals surface area contributed by atoms with Crippen molar-refractivity contribution in [2.45, 2.75) is 66.5 Å². The molecule has 26 heavy (non-hydrogen) atoms. The Kier molecular flexibility index (Phi) is 8.62. The summed E-state index contributed by atoms with van der Waals surface area (Å²) >= 11 is 0. The first kappa shape index (κ1) is 22.0. The van der Waals surface area contributed by atoms with Crippen molar-refractivity contribution in [1.82, 2.24) is 4.90 Å². The molecule has 2 amide bonds. The molecule has 0 aliphatic carbocycles. The van der Waals surface area contributed by atoms with Crippen LogP contribution in [0.3, 0.4) is 0 Å². The van der Waals surface area contributed by atoms with E-state index in [-0.39, 0.29) is 17.9 Å². The number of hydrogen-bond acceptors (Lipinski definition) is 3. The first-order chi connectivity index (χ1) is 12.2. The molecule has 0 saturated heterocycles. The van der Waals surface area contributed by atoms with Gasteiger partial charge >= 0.3 is 0 Å². The van der Waals surface area contributed by atoms with Crippen LogP contribution in [0.15, 0.2) is 18.2 Å². The van der Waals surface area contributed by atoms with Crippen LogP contribution in [-0.2, 0) is 16.1 Å². The Balaban J connectivity index is 3.14. The molecule has 1 atom stereocenters. The zero-order valence-electron chi connectivity index (χ0n) is 17.4. The number of amides is 2. The molecule has 146 valence electrons.